The van der Waals surface area contributed by atoms with Crippen LogP contribution in [0.25, 0.3) is 22.2 Å². The minimum atomic E-state index is 0.674. The van der Waals surface area contributed by atoms with E-state index in [1.807, 2.05) is 10.9 Å². The number of ether oxygens (including phenoxy) is 1. The Morgan fingerprint density at radius 2 is 1.95 bits per heavy atom. The molecule has 5 rings (SSSR count). The SMILES string of the molecule is CCCCOc1ccc2[nH]cc(C3=CCN(CCc4cnn(-c5ccc(CC(C)C)cc5)c4)CC3)c2c1. The summed E-state index contributed by atoms with van der Waals surface area (Å²) in [4.78, 5) is 5.98. The molecule has 0 saturated carbocycles. The van der Waals surface area contributed by atoms with Crippen LogP contribution in [-0.4, -0.2) is 45.9 Å². The van der Waals surface area contributed by atoms with Crippen molar-refractivity contribution in [3.05, 3.63) is 83.8 Å². The van der Waals surface area contributed by atoms with Crippen molar-refractivity contribution in [2.75, 3.05) is 26.2 Å². The maximum absolute atomic E-state index is 5.96. The zero-order valence-electron chi connectivity index (χ0n) is 22.5. The number of benzene rings is 2. The molecule has 0 radical (unpaired) electrons. The summed E-state index contributed by atoms with van der Waals surface area (Å²) in [6.45, 7) is 10.6. The molecule has 0 amide bonds. The fourth-order valence-corrected chi connectivity index (χ4v) is 5.12. The summed E-state index contributed by atoms with van der Waals surface area (Å²) in [7, 11) is 0. The van der Waals surface area contributed by atoms with Crippen molar-refractivity contribution in [3.8, 4) is 11.4 Å². The largest absolute Gasteiger partial charge is 0.494 e. The number of fused-ring (bicyclic) bond motifs is 1. The molecule has 0 spiro atoms. The van der Waals surface area contributed by atoms with Crippen molar-refractivity contribution < 1.29 is 4.74 Å². The summed E-state index contributed by atoms with van der Waals surface area (Å²) >= 11 is 0. The summed E-state index contributed by atoms with van der Waals surface area (Å²) in [5.41, 5.74) is 7.72. The van der Waals surface area contributed by atoms with Gasteiger partial charge in [-0.15, -0.1) is 0 Å². The smallest absolute Gasteiger partial charge is 0.120 e. The number of hydrogen-bond donors (Lipinski definition) is 1. The topological polar surface area (TPSA) is 46.1 Å². The second kappa shape index (κ2) is 11.8. The zero-order valence-corrected chi connectivity index (χ0v) is 22.5. The fourth-order valence-electron chi connectivity index (χ4n) is 5.12. The van der Waals surface area contributed by atoms with Gasteiger partial charge in [0.05, 0.1) is 18.5 Å². The van der Waals surface area contributed by atoms with Gasteiger partial charge in [0.25, 0.3) is 0 Å². The van der Waals surface area contributed by atoms with Crippen LogP contribution in [0.3, 0.4) is 0 Å². The first-order chi connectivity index (χ1) is 18.1. The normalized spacial score (nSPS) is 14.4. The summed E-state index contributed by atoms with van der Waals surface area (Å²) in [5, 5.41) is 5.88. The van der Waals surface area contributed by atoms with E-state index in [4.69, 9.17) is 4.74 Å². The minimum absolute atomic E-state index is 0.674. The third kappa shape index (κ3) is 6.34. The molecule has 2 aromatic heterocycles. The summed E-state index contributed by atoms with van der Waals surface area (Å²) in [5.74, 6) is 1.64. The molecular formula is C32H40N4O. The van der Waals surface area contributed by atoms with Crippen LogP contribution in [0.2, 0.25) is 0 Å². The second-order valence-electron chi connectivity index (χ2n) is 10.7. The van der Waals surface area contributed by atoms with Crippen LogP contribution in [0.15, 0.2) is 67.1 Å². The van der Waals surface area contributed by atoms with E-state index in [9.17, 15) is 0 Å². The number of aromatic nitrogens is 3. The molecule has 4 aromatic rings. The summed E-state index contributed by atoms with van der Waals surface area (Å²) in [6.07, 6.45) is 14.2. The van der Waals surface area contributed by atoms with E-state index in [-0.39, 0.29) is 0 Å². The monoisotopic (exact) mass is 496 g/mol. The number of H-pyrrole nitrogens is 1. The zero-order chi connectivity index (χ0) is 25.6. The summed E-state index contributed by atoms with van der Waals surface area (Å²) < 4.78 is 7.96. The van der Waals surface area contributed by atoms with Gasteiger partial charge in [-0.1, -0.05) is 45.4 Å². The highest BCUT2D eigenvalue weighted by molar-refractivity contribution is 5.93. The molecule has 0 bridgehead atoms. The van der Waals surface area contributed by atoms with Gasteiger partial charge in [0.15, 0.2) is 0 Å². The van der Waals surface area contributed by atoms with Crippen molar-refractivity contribution >= 4 is 16.5 Å². The lowest BCUT2D eigenvalue weighted by atomic mass is 9.98. The van der Waals surface area contributed by atoms with Crippen LogP contribution in [0.5, 0.6) is 5.75 Å². The van der Waals surface area contributed by atoms with Gasteiger partial charge in [-0.05, 0) is 78.6 Å². The highest BCUT2D eigenvalue weighted by Crippen LogP contribution is 2.31. The van der Waals surface area contributed by atoms with Gasteiger partial charge in [-0.2, -0.15) is 5.10 Å². The number of nitrogens with one attached hydrogen (secondary N) is 1. The molecule has 37 heavy (non-hydrogen) atoms. The summed E-state index contributed by atoms with van der Waals surface area (Å²) in [6, 6.07) is 15.2. The number of nitrogens with zero attached hydrogens (tertiary/aromatic N) is 3. The Morgan fingerprint density at radius 1 is 1.08 bits per heavy atom. The van der Waals surface area contributed by atoms with E-state index in [1.165, 1.54) is 33.2 Å². The molecule has 1 aliphatic rings. The molecule has 0 atom stereocenters. The molecule has 2 aromatic carbocycles. The van der Waals surface area contributed by atoms with Crippen molar-refractivity contribution in [2.24, 2.45) is 5.92 Å². The van der Waals surface area contributed by atoms with E-state index in [1.54, 1.807) is 0 Å². The third-order valence-corrected chi connectivity index (χ3v) is 7.26. The van der Waals surface area contributed by atoms with E-state index < -0.39 is 0 Å². The number of rotatable bonds is 11. The highest BCUT2D eigenvalue weighted by Gasteiger charge is 2.16. The van der Waals surface area contributed by atoms with Crippen LogP contribution < -0.4 is 4.74 Å². The molecular weight excluding hydrogens is 456 g/mol. The fraction of sp³-hybridized carbons (Fsp3) is 0.406. The van der Waals surface area contributed by atoms with E-state index in [0.717, 1.165) is 69.8 Å². The molecule has 5 heteroatoms. The molecule has 1 N–H and O–H groups in total. The molecule has 1 aliphatic heterocycles. The maximum Gasteiger partial charge on any atom is 0.120 e. The highest BCUT2D eigenvalue weighted by atomic mass is 16.5. The van der Waals surface area contributed by atoms with E-state index >= 15 is 0 Å². The Morgan fingerprint density at radius 3 is 2.70 bits per heavy atom. The molecule has 0 unspecified atom stereocenters. The van der Waals surface area contributed by atoms with Crippen LogP contribution in [0.1, 0.15) is 56.7 Å². The van der Waals surface area contributed by atoms with Gasteiger partial charge in [0, 0.05) is 48.5 Å². The molecule has 0 saturated heterocycles. The predicted molar refractivity (Wildman–Crippen MR) is 154 cm³/mol. The first kappa shape index (κ1) is 25.3. The Labute approximate surface area is 221 Å². The van der Waals surface area contributed by atoms with Crippen LogP contribution in [0, 0.1) is 5.92 Å². The van der Waals surface area contributed by atoms with Crippen LogP contribution in [-0.2, 0) is 12.8 Å². The maximum atomic E-state index is 5.96. The Hall–Kier alpha value is -3.31. The lowest BCUT2D eigenvalue weighted by molar-refractivity contribution is 0.306. The van der Waals surface area contributed by atoms with E-state index in [0.29, 0.717) is 5.92 Å². The van der Waals surface area contributed by atoms with Crippen molar-refractivity contribution in [1.29, 1.82) is 0 Å². The minimum Gasteiger partial charge on any atom is -0.494 e. The first-order valence-corrected chi connectivity index (χ1v) is 13.9. The Kier molecular flexibility index (Phi) is 8.10. The van der Waals surface area contributed by atoms with Gasteiger partial charge in [0.1, 0.15) is 5.75 Å². The lowest BCUT2D eigenvalue weighted by Gasteiger charge is -2.26. The van der Waals surface area contributed by atoms with Crippen LogP contribution in [0.4, 0.5) is 0 Å². The quantitative estimate of drug-likeness (QED) is 0.226. The van der Waals surface area contributed by atoms with Gasteiger partial charge in [-0.25, -0.2) is 4.68 Å². The average molecular weight is 497 g/mol. The second-order valence-corrected chi connectivity index (χ2v) is 10.7. The number of aromatic amines is 1. The Bertz CT molecular complexity index is 1330. The molecule has 5 nitrogen and oxygen atoms in total. The van der Waals surface area contributed by atoms with Gasteiger partial charge in [0.2, 0.25) is 0 Å². The predicted octanol–water partition coefficient (Wildman–Crippen LogP) is 7.06. The van der Waals surface area contributed by atoms with Gasteiger partial charge < -0.3 is 9.72 Å². The van der Waals surface area contributed by atoms with Crippen molar-refractivity contribution in [2.45, 2.75) is 52.9 Å². The van der Waals surface area contributed by atoms with Gasteiger partial charge in [-0.3, -0.25) is 4.90 Å². The molecule has 194 valence electrons. The van der Waals surface area contributed by atoms with Crippen LogP contribution >= 0.6 is 0 Å². The Balaban J connectivity index is 1.17. The third-order valence-electron chi connectivity index (χ3n) is 7.26. The average Bonchev–Trinajstić information content (AvgIpc) is 3.55. The van der Waals surface area contributed by atoms with Crippen molar-refractivity contribution in [3.63, 3.8) is 0 Å². The molecule has 0 fully saturated rings. The molecule has 3 heterocycles. The van der Waals surface area contributed by atoms with Gasteiger partial charge >= 0.3 is 0 Å². The number of hydrogen-bond acceptors (Lipinski definition) is 3. The number of unbranched alkanes of at least 4 members (excludes halogenated alkanes) is 1. The standard InChI is InChI=1S/C32H40N4O/c1-4-5-18-37-29-10-11-32-30(20-29)31(22-33-32)27-13-16-35(17-14-27)15-12-26-21-34-36(23-26)28-8-6-25(7-9-28)19-24(2)3/h6-11,13,20-24,33H,4-5,12,14-19H2,1-3H3. The van der Waals surface area contributed by atoms with Crippen molar-refractivity contribution in [1.82, 2.24) is 19.7 Å². The first-order valence-electron chi connectivity index (χ1n) is 13.9. The lowest BCUT2D eigenvalue weighted by Crippen LogP contribution is -2.30. The molecule has 0 aliphatic carbocycles. The van der Waals surface area contributed by atoms with E-state index in [2.05, 4.69) is 96.7 Å².